The van der Waals surface area contributed by atoms with Crippen molar-refractivity contribution < 1.29 is 8.42 Å². The summed E-state index contributed by atoms with van der Waals surface area (Å²) in [5.74, 6) is 0.0901. The Hall–Kier alpha value is -0.910. The van der Waals surface area contributed by atoms with Gasteiger partial charge in [0.1, 0.15) is 0 Å². The smallest absolute Gasteiger partial charge is 0.218 e. The normalized spacial score (nSPS) is 12.0. The highest BCUT2D eigenvalue weighted by molar-refractivity contribution is 7.88. The van der Waals surface area contributed by atoms with Crippen LogP contribution in [-0.2, 0) is 22.3 Å². The maximum Gasteiger partial charge on any atom is 0.218 e. The minimum atomic E-state index is -3.21. The molecule has 0 bridgehead atoms. The Morgan fingerprint density at radius 2 is 1.50 bits per heavy atom. The zero-order valence-corrected chi connectivity index (χ0v) is 13.5. The molecule has 114 valence electrons. The molecule has 5 heteroatoms. The van der Waals surface area contributed by atoms with Crippen LogP contribution in [0, 0.1) is 0 Å². The first kappa shape index (κ1) is 17.1. The van der Waals surface area contributed by atoms with Crippen LogP contribution in [0.2, 0.25) is 0 Å². The molecule has 0 spiro atoms. The van der Waals surface area contributed by atoms with E-state index in [1.807, 2.05) is 45.2 Å². The van der Waals surface area contributed by atoms with Gasteiger partial charge in [-0.25, -0.2) is 12.7 Å². The van der Waals surface area contributed by atoms with Crippen LogP contribution >= 0.6 is 0 Å². The largest absolute Gasteiger partial charge is 0.316 e. The minimum Gasteiger partial charge on any atom is -0.316 e. The molecule has 0 atom stereocenters. The second kappa shape index (κ2) is 8.39. The van der Waals surface area contributed by atoms with Crippen LogP contribution in [-0.4, -0.2) is 32.9 Å². The molecule has 0 aromatic heterocycles. The van der Waals surface area contributed by atoms with Gasteiger partial charge in [0.05, 0.1) is 5.75 Å². The van der Waals surface area contributed by atoms with E-state index in [-0.39, 0.29) is 5.75 Å². The molecule has 0 fully saturated rings. The van der Waals surface area contributed by atoms with Gasteiger partial charge < -0.3 is 5.32 Å². The molecule has 4 nitrogen and oxygen atoms in total. The van der Waals surface area contributed by atoms with Crippen molar-refractivity contribution in [2.45, 2.75) is 39.0 Å². The quantitative estimate of drug-likeness (QED) is 0.761. The predicted molar refractivity (Wildman–Crippen MR) is 84.0 cm³/mol. The Labute approximate surface area is 123 Å². The molecule has 0 saturated heterocycles. The van der Waals surface area contributed by atoms with Gasteiger partial charge in [-0.1, -0.05) is 38.1 Å². The molecule has 0 radical (unpaired) electrons. The van der Waals surface area contributed by atoms with Crippen molar-refractivity contribution in [2.24, 2.45) is 0 Å². The van der Waals surface area contributed by atoms with Crippen LogP contribution in [0.3, 0.4) is 0 Å². The Bertz CT molecular complexity index is 477. The Morgan fingerprint density at radius 3 is 1.95 bits per heavy atom. The Morgan fingerprint density at radius 1 is 1.00 bits per heavy atom. The Balaban J connectivity index is 2.78. The summed E-state index contributed by atoms with van der Waals surface area (Å²) in [4.78, 5) is 0. The topological polar surface area (TPSA) is 49.4 Å². The molecule has 0 amide bonds. The molecular weight excluding hydrogens is 272 g/mol. The molecule has 1 N–H and O–H groups in total. The molecule has 1 aromatic carbocycles. The third-order valence-electron chi connectivity index (χ3n) is 3.09. The van der Waals surface area contributed by atoms with Gasteiger partial charge in [0.15, 0.2) is 0 Å². The van der Waals surface area contributed by atoms with E-state index in [1.54, 1.807) is 4.31 Å². The lowest BCUT2D eigenvalue weighted by Crippen LogP contribution is -2.33. The molecule has 0 aliphatic carbocycles. The molecular formula is C15H26N2O2S. The van der Waals surface area contributed by atoms with Gasteiger partial charge in [-0.2, -0.15) is 0 Å². The first-order valence-corrected chi connectivity index (χ1v) is 8.84. The summed E-state index contributed by atoms with van der Waals surface area (Å²) in [5.41, 5.74) is 2.01. The predicted octanol–water partition coefficient (Wildman–Crippen LogP) is 2.36. The summed E-state index contributed by atoms with van der Waals surface area (Å²) in [6, 6.07) is 7.76. The van der Waals surface area contributed by atoms with Crippen LogP contribution < -0.4 is 5.32 Å². The summed E-state index contributed by atoms with van der Waals surface area (Å²) in [6.07, 6.45) is 1.70. The summed E-state index contributed by atoms with van der Waals surface area (Å²) in [7, 11) is -1.31. The molecule has 0 aliphatic heterocycles. The molecule has 20 heavy (non-hydrogen) atoms. The number of benzene rings is 1. The molecule has 1 aromatic rings. The van der Waals surface area contributed by atoms with Gasteiger partial charge >= 0.3 is 0 Å². The number of hydrogen-bond donors (Lipinski definition) is 1. The minimum absolute atomic E-state index is 0.0901. The maximum absolute atomic E-state index is 12.4. The highest BCUT2D eigenvalue weighted by atomic mass is 32.2. The lowest BCUT2D eigenvalue weighted by Gasteiger charge is -2.21. The number of hydrogen-bond acceptors (Lipinski definition) is 3. The summed E-state index contributed by atoms with van der Waals surface area (Å²) in [6.45, 7) is 6.02. The van der Waals surface area contributed by atoms with E-state index in [9.17, 15) is 8.42 Å². The van der Waals surface area contributed by atoms with E-state index in [0.717, 1.165) is 30.5 Å². The zero-order chi connectivity index (χ0) is 15.0. The summed E-state index contributed by atoms with van der Waals surface area (Å²) in [5, 5.41) is 3.08. The second-order valence-electron chi connectivity index (χ2n) is 5.00. The lowest BCUT2D eigenvalue weighted by molar-refractivity contribution is 0.409. The van der Waals surface area contributed by atoms with E-state index < -0.39 is 10.0 Å². The fraction of sp³-hybridized carbons (Fsp3) is 0.600. The van der Waals surface area contributed by atoms with Crippen molar-refractivity contribution in [2.75, 3.05) is 20.1 Å². The van der Waals surface area contributed by atoms with Gasteiger partial charge in [0.25, 0.3) is 0 Å². The van der Waals surface area contributed by atoms with E-state index in [0.29, 0.717) is 13.1 Å². The van der Waals surface area contributed by atoms with Crippen molar-refractivity contribution in [3.05, 3.63) is 35.4 Å². The standard InChI is InChI=1S/C15H26N2O2S/c1-4-10-17(11-5-2)20(18,19)13-15-8-6-14(7-9-15)12-16-3/h6-9,16H,4-5,10-13H2,1-3H3. The fourth-order valence-corrected chi connectivity index (χ4v) is 3.87. The van der Waals surface area contributed by atoms with E-state index in [1.165, 1.54) is 0 Å². The van der Waals surface area contributed by atoms with Crippen molar-refractivity contribution in [3.8, 4) is 0 Å². The van der Waals surface area contributed by atoms with Gasteiger partial charge in [-0.3, -0.25) is 0 Å². The maximum atomic E-state index is 12.4. The number of nitrogens with zero attached hydrogens (tertiary/aromatic N) is 1. The average molecular weight is 298 g/mol. The van der Waals surface area contributed by atoms with Gasteiger partial charge in [-0.05, 0) is 31.0 Å². The van der Waals surface area contributed by atoms with Gasteiger partial charge in [0.2, 0.25) is 10.0 Å². The van der Waals surface area contributed by atoms with E-state index >= 15 is 0 Å². The second-order valence-corrected chi connectivity index (χ2v) is 6.97. The van der Waals surface area contributed by atoms with Gasteiger partial charge in [0, 0.05) is 19.6 Å². The zero-order valence-electron chi connectivity index (χ0n) is 12.7. The van der Waals surface area contributed by atoms with Crippen LogP contribution in [0.15, 0.2) is 24.3 Å². The summed E-state index contributed by atoms with van der Waals surface area (Å²) < 4.78 is 26.4. The van der Waals surface area contributed by atoms with E-state index in [2.05, 4.69) is 5.32 Å². The third kappa shape index (κ3) is 5.23. The highest BCUT2D eigenvalue weighted by Crippen LogP contribution is 2.13. The number of sulfonamides is 1. The SMILES string of the molecule is CCCN(CCC)S(=O)(=O)Cc1ccc(CNC)cc1. The molecule has 0 saturated carbocycles. The van der Waals surface area contributed by atoms with Crippen molar-refractivity contribution >= 4 is 10.0 Å². The number of nitrogens with one attached hydrogen (secondary N) is 1. The van der Waals surface area contributed by atoms with Crippen molar-refractivity contribution in [3.63, 3.8) is 0 Å². The average Bonchev–Trinajstić information content (AvgIpc) is 2.41. The van der Waals surface area contributed by atoms with Crippen LogP contribution in [0.4, 0.5) is 0 Å². The third-order valence-corrected chi connectivity index (χ3v) is 4.94. The van der Waals surface area contributed by atoms with Crippen LogP contribution in [0.5, 0.6) is 0 Å². The van der Waals surface area contributed by atoms with E-state index in [4.69, 9.17) is 0 Å². The highest BCUT2D eigenvalue weighted by Gasteiger charge is 2.20. The molecule has 0 aliphatic rings. The molecule has 1 rings (SSSR count). The summed E-state index contributed by atoms with van der Waals surface area (Å²) >= 11 is 0. The molecule has 0 unspecified atom stereocenters. The van der Waals surface area contributed by atoms with Crippen molar-refractivity contribution in [1.29, 1.82) is 0 Å². The first-order chi connectivity index (χ1) is 9.53. The van der Waals surface area contributed by atoms with Crippen molar-refractivity contribution in [1.82, 2.24) is 9.62 Å². The van der Waals surface area contributed by atoms with Gasteiger partial charge in [-0.15, -0.1) is 0 Å². The number of rotatable bonds is 9. The first-order valence-electron chi connectivity index (χ1n) is 7.23. The monoisotopic (exact) mass is 298 g/mol. The lowest BCUT2D eigenvalue weighted by atomic mass is 10.1. The fourth-order valence-electron chi connectivity index (χ4n) is 2.15. The van der Waals surface area contributed by atoms with Crippen LogP contribution in [0.1, 0.15) is 37.8 Å². The Kier molecular flexibility index (Phi) is 7.19. The molecule has 0 heterocycles. The van der Waals surface area contributed by atoms with Crippen LogP contribution in [0.25, 0.3) is 0 Å².